The van der Waals surface area contributed by atoms with Crippen LogP contribution in [0.15, 0.2) is 35.3 Å². The van der Waals surface area contributed by atoms with Gasteiger partial charge >= 0.3 is 5.97 Å². The number of carbonyl (C=O) groups excluding carboxylic acids is 1. The zero-order chi connectivity index (χ0) is 44.3. The van der Waals surface area contributed by atoms with Gasteiger partial charge in [-0.1, -0.05) is 51.1 Å². The number of hydrogen-bond acceptors (Lipinski definition) is 14. The Balaban J connectivity index is 1.57. The fraction of sp³-hybridized carbons (Fsp3) is 0.822. The highest BCUT2D eigenvalue weighted by Crippen LogP contribution is 2.42. The number of hydrogen-bond donors (Lipinski definition) is 4. The van der Waals surface area contributed by atoms with Crippen LogP contribution < -0.4 is 5.32 Å². The number of nitrogens with one attached hydrogen (secondary N) is 1. The van der Waals surface area contributed by atoms with Gasteiger partial charge in [-0.15, -0.1) is 0 Å². The van der Waals surface area contributed by atoms with E-state index in [4.69, 9.17) is 42.9 Å². The summed E-state index contributed by atoms with van der Waals surface area (Å²) in [6.45, 7) is 19.4. The Kier molecular flexibility index (Phi) is 16.2. The van der Waals surface area contributed by atoms with Crippen LogP contribution in [0.5, 0.6) is 0 Å². The predicted octanol–water partition coefficient (Wildman–Crippen LogP) is 4.18. The molecule has 0 saturated carbocycles. The highest BCUT2D eigenvalue weighted by Gasteiger charge is 2.55. The molecule has 0 spiro atoms. The van der Waals surface area contributed by atoms with Gasteiger partial charge in [0.05, 0.1) is 54.1 Å². The van der Waals surface area contributed by atoms with Crippen molar-refractivity contribution in [2.24, 2.45) is 22.7 Å². The summed E-state index contributed by atoms with van der Waals surface area (Å²) in [6, 6.07) is 9.87. The van der Waals surface area contributed by atoms with Gasteiger partial charge in [0, 0.05) is 39.6 Å². The molecule has 15 heteroatoms. The van der Waals surface area contributed by atoms with Crippen LogP contribution in [0.3, 0.4) is 0 Å². The third kappa shape index (κ3) is 10.5. The summed E-state index contributed by atoms with van der Waals surface area (Å²) < 4.78 is 52.1. The maximum absolute atomic E-state index is 14.5. The summed E-state index contributed by atoms with van der Waals surface area (Å²) in [6.07, 6.45) is -6.47. The second-order valence-electron chi connectivity index (χ2n) is 18.7. The van der Waals surface area contributed by atoms with Crippen molar-refractivity contribution in [3.8, 4) is 0 Å². The van der Waals surface area contributed by atoms with Crippen molar-refractivity contribution in [1.82, 2.24) is 10.2 Å². The molecule has 4 N–H and O–H groups in total. The number of carbonyl (C=O) groups is 1. The van der Waals surface area contributed by atoms with E-state index in [1.165, 1.54) is 6.92 Å². The second kappa shape index (κ2) is 19.9. The lowest BCUT2D eigenvalue weighted by atomic mass is 9.77. The maximum Gasteiger partial charge on any atom is 0.311 e. The fourth-order valence-corrected chi connectivity index (χ4v) is 9.76. The lowest BCUT2D eigenvalue weighted by molar-refractivity contribution is -0.315. The molecular formula is C45H75N3O12. The van der Waals surface area contributed by atoms with Gasteiger partial charge in [-0.05, 0) is 85.8 Å². The van der Waals surface area contributed by atoms with Crippen molar-refractivity contribution in [2.75, 3.05) is 27.8 Å². The molecule has 4 aliphatic rings. The quantitative estimate of drug-likeness (QED) is 0.260. The number of aliphatic hydroxyl groups excluding tert-OH is 2. The minimum Gasteiger partial charge on any atom is -0.459 e. The average Bonchev–Trinajstić information content (AvgIpc) is 3.54. The van der Waals surface area contributed by atoms with Crippen LogP contribution in [-0.4, -0.2) is 150 Å². The molecule has 5 rings (SSSR count). The average molecular weight is 850 g/mol. The van der Waals surface area contributed by atoms with Crippen molar-refractivity contribution >= 4 is 12.0 Å². The number of rotatable bonds is 9. The zero-order valence-electron chi connectivity index (χ0n) is 38.2. The van der Waals surface area contributed by atoms with Crippen LogP contribution in [0.1, 0.15) is 100 Å². The summed E-state index contributed by atoms with van der Waals surface area (Å²) in [7, 11) is 5.18. The standard InChI is InChI=1S/C45H75N3O12/c1-14-33-45(10,52)37(49)29(6)46-23-25(2)21-44(9,54-13)39(27(4)35(28(5)40(51)57-33)58-34-22-43(8,53-12)38(50)30(7)56-34)60-41-36-32(20-26(3)55-41)48(11)42(59-36)47-24-31-18-16-15-17-19-31/h15-19,25-30,32-39,41,46,49-50,52H,14,20-24H2,1-13H3/t25-,26-,27+,28-,29-,30+,32+,33-,34+,35+,36-,37-,38+,39-,41+,43-,44-,45-/m1/s1. The number of benzene rings is 1. The van der Waals surface area contributed by atoms with Crippen molar-refractivity contribution in [3.05, 3.63) is 35.9 Å². The Hall–Kier alpha value is -2.44. The van der Waals surface area contributed by atoms with Gasteiger partial charge in [0.2, 0.25) is 0 Å². The Morgan fingerprint density at radius 1 is 0.917 bits per heavy atom. The monoisotopic (exact) mass is 850 g/mol. The van der Waals surface area contributed by atoms with Crippen LogP contribution in [0.25, 0.3) is 0 Å². The number of nitrogens with zero attached hydrogens (tertiary/aromatic N) is 2. The third-order valence-electron chi connectivity index (χ3n) is 13.8. The van der Waals surface area contributed by atoms with Gasteiger partial charge in [0.1, 0.15) is 23.9 Å². The topological polar surface area (TPSA) is 179 Å². The molecule has 4 heterocycles. The number of cyclic esters (lactones) is 1. The minimum atomic E-state index is -1.78. The fourth-order valence-electron chi connectivity index (χ4n) is 9.76. The maximum atomic E-state index is 14.5. The molecule has 342 valence electrons. The lowest BCUT2D eigenvalue weighted by Gasteiger charge is -2.49. The van der Waals surface area contributed by atoms with Gasteiger partial charge in [0.15, 0.2) is 18.7 Å². The number of methoxy groups -OCH3 is 2. The first kappa shape index (κ1) is 48.6. The van der Waals surface area contributed by atoms with Gasteiger partial charge in [-0.3, -0.25) is 4.79 Å². The summed E-state index contributed by atoms with van der Waals surface area (Å²) in [5.41, 5.74) is -2.72. The first-order valence-corrected chi connectivity index (χ1v) is 21.9. The molecule has 1 aromatic rings. The number of esters is 1. The van der Waals surface area contributed by atoms with Gasteiger partial charge in [-0.2, -0.15) is 0 Å². The first-order valence-electron chi connectivity index (χ1n) is 21.9. The number of ether oxygens (including phenoxy) is 8. The smallest absolute Gasteiger partial charge is 0.311 e. The molecular weight excluding hydrogens is 775 g/mol. The van der Waals surface area contributed by atoms with Crippen LogP contribution in [0, 0.1) is 17.8 Å². The molecule has 18 atom stereocenters. The molecule has 4 fully saturated rings. The molecule has 4 saturated heterocycles. The van der Waals surface area contributed by atoms with E-state index < -0.39 is 96.0 Å². The molecule has 0 aliphatic carbocycles. The summed E-state index contributed by atoms with van der Waals surface area (Å²) in [5.74, 6) is -2.20. The minimum absolute atomic E-state index is 0.0226. The highest BCUT2D eigenvalue weighted by molar-refractivity contribution is 5.76. The summed E-state index contributed by atoms with van der Waals surface area (Å²) in [5, 5.41) is 37.7. The zero-order valence-corrected chi connectivity index (χ0v) is 38.2. The van der Waals surface area contributed by atoms with Gasteiger partial charge < -0.3 is 63.4 Å². The Bertz CT molecular complexity index is 1570. The van der Waals surface area contributed by atoms with Crippen LogP contribution >= 0.6 is 0 Å². The lowest BCUT2D eigenvalue weighted by Crippen LogP contribution is -2.60. The molecule has 4 aliphatic heterocycles. The molecule has 0 unspecified atom stereocenters. The number of fused-ring (bicyclic) bond motifs is 1. The first-order chi connectivity index (χ1) is 28.2. The largest absolute Gasteiger partial charge is 0.459 e. The predicted molar refractivity (Wildman–Crippen MR) is 225 cm³/mol. The molecule has 0 bridgehead atoms. The molecule has 15 nitrogen and oxygen atoms in total. The molecule has 1 aromatic carbocycles. The Morgan fingerprint density at radius 2 is 1.58 bits per heavy atom. The van der Waals surface area contributed by atoms with E-state index in [1.807, 2.05) is 65.1 Å². The van der Waals surface area contributed by atoms with Crippen molar-refractivity contribution in [2.45, 2.75) is 192 Å². The van der Waals surface area contributed by atoms with E-state index in [-0.39, 0.29) is 30.9 Å². The van der Waals surface area contributed by atoms with E-state index in [9.17, 15) is 20.1 Å². The van der Waals surface area contributed by atoms with Gasteiger partial charge in [-0.25, -0.2) is 4.99 Å². The number of likely N-dealkylation sites (N-methyl/N-ethyl adjacent to an activating group) is 1. The van der Waals surface area contributed by atoms with Crippen LogP contribution in [0.4, 0.5) is 0 Å². The molecule has 60 heavy (non-hydrogen) atoms. The number of aliphatic imine (C=N–C) groups is 1. The van der Waals surface area contributed by atoms with E-state index >= 15 is 0 Å². The third-order valence-corrected chi connectivity index (χ3v) is 13.8. The SMILES string of the molecule is CC[C@H]1OC(=O)[C@H](C)[C@@H](O[C@H]2C[C@@](C)(OC)[C@@H](O)[C@H](C)O2)[C@H](C)[C@@H](O[C@@H]2O[C@H](C)C[C@H]3[C@H]2OC(=NCc2ccccc2)N3C)[C@](C)(OC)C[C@@H](C)CN[C@H](C)[C@@H](O)[C@]1(C)O. The van der Waals surface area contributed by atoms with E-state index in [2.05, 4.69) is 17.1 Å². The van der Waals surface area contributed by atoms with Crippen LogP contribution in [0.2, 0.25) is 0 Å². The second-order valence-corrected chi connectivity index (χ2v) is 18.7. The Labute approximate surface area is 357 Å². The molecule has 0 amide bonds. The normalized spacial score (nSPS) is 45.6. The van der Waals surface area contributed by atoms with Crippen LogP contribution in [-0.2, 0) is 49.2 Å². The van der Waals surface area contributed by atoms with Crippen molar-refractivity contribution in [3.63, 3.8) is 0 Å². The Morgan fingerprint density at radius 3 is 2.22 bits per heavy atom. The van der Waals surface area contributed by atoms with Crippen molar-refractivity contribution < 1.29 is 58.0 Å². The number of amidine groups is 1. The van der Waals surface area contributed by atoms with Gasteiger partial charge in [0.25, 0.3) is 6.02 Å². The van der Waals surface area contributed by atoms with E-state index in [0.29, 0.717) is 32.0 Å². The molecule has 0 aromatic heterocycles. The summed E-state index contributed by atoms with van der Waals surface area (Å²) >= 11 is 0. The van der Waals surface area contributed by atoms with E-state index in [1.54, 1.807) is 41.9 Å². The van der Waals surface area contributed by atoms with Crippen molar-refractivity contribution in [1.29, 1.82) is 0 Å². The highest BCUT2D eigenvalue weighted by atomic mass is 16.7. The molecule has 0 radical (unpaired) electrons. The summed E-state index contributed by atoms with van der Waals surface area (Å²) in [4.78, 5) is 21.4. The van der Waals surface area contributed by atoms with E-state index in [0.717, 1.165) is 5.56 Å². The number of aliphatic hydroxyl groups is 3.